The van der Waals surface area contributed by atoms with Gasteiger partial charge in [-0.25, -0.2) is 4.79 Å². The van der Waals surface area contributed by atoms with Crippen LogP contribution in [0, 0.1) is 0 Å². The van der Waals surface area contributed by atoms with Gasteiger partial charge in [0.1, 0.15) is 5.88 Å². The summed E-state index contributed by atoms with van der Waals surface area (Å²) in [5, 5.41) is 3.49. The molecule has 134 valence electrons. The largest absolute Gasteiger partial charge is 0.463 e. The van der Waals surface area contributed by atoms with Gasteiger partial charge in [-0.2, -0.15) is 13.2 Å². The van der Waals surface area contributed by atoms with Crippen molar-refractivity contribution < 1.29 is 27.5 Å². The maximum Gasteiger partial charge on any atom is 0.441 e. The molecule has 0 fully saturated rings. The van der Waals surface area contributed by atoms with E-state index in [1.165, 1.54) is 18.3 Å². The Hall–Kier alpha value is -1.38. The number of ether oxygens (including phenoxy) is 1. The Balaban J connectivity index is 3.39. The molecule has 11 heteroatoms. The van der Waals surface area contributed by atoms with Gasteiger partial charge in [0, 0.05) is 5.69 Å². The molecule has 0 spiro atoms. The second-order valence-corrected chi connectivity index (χ2v) is 5.49. The van der Waals surface area contributed by atoms with Crippen molar-refractivity contribution in [2.75, 3.05) is 17.8 Å². The number of hydrogen-bond donors (Lipinski definition) is 2. The molecule has 0 aromatic heterocycles. The number of hydrogen-bond acceptors (Lipinski definition) is 4. The average Bonchev–Trinajstić information content (AvgIpc) is 2.49. The molecule has 1 amide bonds. The lowest BCUT2D eigenvalue weighted by atomic mass is 10.1. The average molecular weight is 408 g/mol. The van der Waals surface area contributed by atoms with Crippen molar-refractivity contribution in [2.45, 2.75) is 18.8 Å². The van der Waals surface area contributed by atoms with E-state index in [0.29, 0.717) is 0 Å². The molecule has 0 bridgehead atoms. The van der Waals surface area contributed by atoms with Gasteiger partial charge in [0.15, 0.2) is 0 Å². The van der Waals surface area contributed by atoms with Crippen LogP contribution in [-0.2, 0) is 14.3 Å². The quantitative estimate of drug-likeness (QED) is 0.430. The van der Waals surface area contributed by atoms with E-state index in [-0.39, 0.29) is 22.3 Å². The van der Waals surface area contributed by atoms with Crippen LogP contribution in [0.5, 0.6) is 0 Å². The fraction of sp³-hybridized carbons (Fsp3) is 0.385. The van der Waals surface area contributed by atoms with Crippen LogP contribution in [0.4, 0.5) is 18.9 Å². The summed E-state index contributed by atoms with van der Waals surface area (Å²) in [7, 11) is 0. The van der Waals surface area contributed by atoms with E-state index in [4.69, 9.17) is 34.8 Å². The van der Waals surface area contributed by atoms with Crippen LogP contribution in [0.25, 0.3) is 0 Å². The van der Waals surface area contributed by atoms with Crippen molar-refractivity contribution in [3.63, 3.8) is 0 Å². The summed E-state index contributed by atoms with van der Waals surface area (Å²) in [4.78, 5) is 23.5. The molecule has 0 aliphatic heterocycles. The molecular formula is C13H12Cl3F3N2O3. The highest BCUT2D eigenvalue weighted by Crippen LogP contribution is 2.34. The minimum absolute atomic E-state index is 0.0507. The van der Waals surface area contributed by atoms with E-state index < -0.39 is 29.6 Å². The molecule has 5 nitrogen and oxygen atoms in total. The highest BCUT2D eigenvalue weighted by molar-refractivity contribution is 6.42. The van der Waals surface area contributed by atoms with Crippen molar-refractivity contribution in [1.29, 1.82) is 0 Å². The summed E-state index contributed by atoms with van der Waals surface area (Å²) in [6.45, 7) is 0.984. The first-order chi connectivity index (χ1) is 11.1. The number of rotatable bonds is 6. The number of esters is 1. The fourth-order valence-corrected chi connectivity index (χ4v) is 2.03. The summed E-state index contributed by atoms with van der Waals surface area (Å²) >= 11 is 16.7. The van der Waals surface area contributed by atoms with Crippen molar-refractivity contribution in [3.05, 3.63) is 28.2 Å². The van der Waals surface area contributed by atoms with Crippen molar-refractivity contribution in [2.24, 2.45) is 0 Å². The lowest BCUT2D eigenvalue weighted by Gasteiger charge is -2.35. The molecule has 0 aliphatic rings. The third-order valence-electron chi connectivity index (χ3n) is 2.71. The predicted octanol–water partition coefficient (Wildman–Crippen LogP) is 3.58. The van der Waals surface area contributed by atoms with E-state index in [1.54, 1.807) is 0 Å². The number of carbonyl (C=O) groups is 2. The second-order valence-electron chi connectivity index (χ2n) is 4.40. The molecule has 1 aromatic rings. The monoisotopic (exact) mass is 406 g/mol. The SMILES string of the molecule is CCOC(=O)C(NC(=O)CCl)(Nc1ccc(Cl)c(Cl)c1)C(F)(F)F. The molecule has 24 heavy (non-hydrogen) atoms. The Morgan fingerprint density at radius 3 is 2.29 bits per heavy atom. The summed E-state index contributed by atoms with van der Waals surface area (Å²) in [5.74, 6) is -3.77. The summed E-state index contributed by atoms with van der Waals surface area (Å²) in [5.41, 5.74) is -3.75. The van der Waals surface area contributed by atoms with Crippen LogP contribution < -0.4 is 10.6 Å². The first-order valence-corrected chi connectivity index (χ1v) is 7.70. The minimum atomic E-state index is -5.24. The lowest BCUT2D eigenvalue weighted by Crippen LogP contribution is -2.69. The third kappa shape index (κ3) is 4.58. The number of alkyl halides is 4. The van der Waals surface area contributed by atoms with Gasteiger partial charge in [-0.15, -0.1) is 11.6 Å². The molecule has 0 aliphatic carbocycles. The molecule has 1 aromatic carbocycles. The van der Waals surface area contributed by atoms with E-state index in [2.05, 4.69) is 4.74 Å². The zero-order valence-electron chi connectivity index (χ0n) is 12.1. The van der Waals surface area contributed by atoms with Gasteiger partial charge >= 0.3 is 17.8 Å². The van der Waals surface area contributed by atoms with Gasteiger partial charge in [0.2, 0.25) is 5.91 Å². The van der Waals surface area contributed by atoms with Crippen LogP contribution in [0.3, 0.4) is 0 Å². The summed E-state index contributed by atoms with van der Waals surface area (Å²) < 4.78 is 45.4. The normalized spacial score (nSPS) is 13.8. The van der Waals surface area contributed by atoms with E-state index in [1.807, 2.05) is 5.32 Å². The van der Waals surface area contributed by atoms with Crippen LogP contribution in [-0.4, -0.2) is 36.2 Å². The Kier molecular flexibility index (Phi) is 7.00. The standard InChI is InChI=1S/C13H12Cl3F3N2O3/c1-2-24-11(23)12(13(17,18)19,21-10(22)6-14)20-7-3-4-8(15)9(16)5-7/h3-5,20H,2,6H2,1H3,(H,21,22). The maximum atomic E-state index is 13.6. The van der Waals surface area contributed by atoms with Gasteiger partial charge in [0.05, 0.1) is 16.7 Å². The molecule has 1 atom stereocenters. The van der Waals surface area contributed by atoms with Gasteiger partial charge in [-0.3, -0.25) is 4.79 Å². The van der Waals surface area contributed by atoms with E-state index in [0.717, 1.165) is 12.1 Å². The zero-order valence-corrected chi connectivity index (χ0v) is 14.4. The lowest BCUT2D eigenvalue weighted by molar-refractivity contribution is -0.207. The number of carbonyl (C=O) groups excluding carboxylic acids is 2. The second kappa shape index (κ2) is 8.13. The first kappa shape index (κ1) is 20.7. The Labute approximate surface area is 150 Å². The molecule has 0 saturated carbocycles. The highest BCUT2D eigenvalue weighted by atomic mass is 35.5. The number of anilines is 1. The maximum absolute atomic E-state index is 13.6. The van der Waals surface area contributed by atoms with Crippen LogP contribution in [0.2, 0.25) is 10.0 Å². The fourth-order valence-electron chi connectivity index (χ4n) is 1.66. The molecular weight excluding hydrogens is 396 g/mol. The number of amides is 1. The van der Waals surface area contributed by atoms with Crippen molar-refractivity contribution in [1.82, 2.24) is 5.32 Å². The van der Waals surface area contributed by atoms with E-state index >= 15 is 0 Å². The topological polar surface area (TPSA) is 67.4 Å². The van der Waals surface area contributed by atoms with Crippen LogP contribution in [0.1, 0.15) is 6.92 Å². The third-order valence-corrected chi connectivity index (χ3v) is 3.69. The molecule has 0 radical (unpaired) electrons. The Morgan fingerprint density at radius 2 is 1.83 bits per heavy atom. The van der Waals surface area contributed by atoms with Crippen molar-refractivity contribution in [3.8, 4) is 0 Å². The van der Waals surface area contributed by atoms with Gasteiger partial charge in [-0.1, -0.05) is 23.2 Å². The van der Waals surface area contributed by atoms with Crippen LogP contribution >= 0.6 is 34.8 Å². The summed E-state index contributed by atoms with van der Waals surface area (Å²) in [6, 6.07) is 3.44. The Bertz CT molecular complexity index is 628. The molecule has 1 rings (SSSR count). The van der Waals surface area contributed by atoms with Crippen molar-refractivity contribution >= 4 is 52.4 Å². The zero-order chi connectivity index (χ0) is 18.5. The highest BCUT2D eigenvalue weighted by Gasteiger charge is 2.63. The minimum Gasteiger partial charge on any atom is -0.463 e. The van der Waals surface area contributed by atoms with Crippen LogP contribution in [0.15, 0.2) is 18.2 Å². The first-order valence-electron chi connectivity index (χ1n) is 6.41. The molecule has 0 saturated heterocycles. The predicted molar refractivity (Wildman–Crippen MR) is 84.4 cm³/mol. The van der Waals surface area contributed by atoms with Gasteiger partial charge in [0.25, 0.3) is 0 Å². The van der Waals surface area contributed by atoms with Gasteiger partial charge in [-0.05, 0) is 25.1 Å². The molecule has 2 N–H and O–H groups in total. The smallest absolute Gasteiger partial charge is 0.441 e. The van der Waals surface area contributed by atoms with E-state index in [9.17, 15) is 22.8 Å². The Morgan fingerprint density at radius 1 is 1.21 bits per heavy atom. The summed E-state index contributed by atoms with van der Waals surface area (Å²) in [6.07, 6.45) is -5.24. The molecule has 0 heterocycles. The number of halogens is 6. The van der Waals surface area contributed by atoms with Gasteiger partial charge < -0.3 is 15.4 Å². The number of benzene rings is 1. The number of nitrogens with one attached hydrogen (secondary N) is 2. The molecule has 1 unspecified atom stereocenters.